The summed E-state index contributed by atoms with van der Waals surface area (Å²) in [7, 11) is 0. The number of rotatable bonds is 6. The molecule has 0 aliphatic heterocycles. The Labute approximate surface area is 124 Å². The highest BCUT2D eigenvalue weighted by atomic mass is 16.5. The third kappa shape index (κ3) is 4.88. The zero-order chi connectivity index (χ0) is 15.2. The van der Waals surface area contributed by atoms with Gasteiger partial charge in [0, 0.05) is 18.8 Å². The van der Waals surface area contributed by atoms with Crippen LogP contribution in [0, 0.1) is 11.8 Å². The number of carbonyl (C=O) groups is 1. The van der Waals surface area contributed by atoms with Gasteiger partial charge in [-0.3, -0.25) is 4.79 Å². The van der Waals surface area contributed by atoms with E-state index in [1.807, 2.05) is 13.8 Å². The molecule has 0 aromatic carbocycles. The molecule has 0 unspecified atom stereocenters. The molecule has 1 fully saturated rings. The van der Waals surface area contributed by atoms with Gasteiger partial charge >= 0.3 is 5.97 Å². The smallest absolute Gasteiger partial charge is 0.306 e. The lowest BCUT2D eigenvalue weighted by Crippen LogP contribution is -2.25. The molecule has 0 bridgehead atoms. The first-order valence-electron chi connectivity index (χ1n) is 7.51. The van der Waals surface area contributed by atoms with E-state index >= 15 is 0 Å². The van der Waals surface area contributed by atoms with E-state index in [9.17, 15) is 4.79 Å². The van der Waals surface area contributed by atoms with E-state index in [-0.39, 0.29) is 12.0 Å². The standard InChI is InChI=1S/C15H23N3O3/c1-10(2)21-13-7-8-16-15(18-13)17-9-11-3-5-12(6-4-11)14(19)20/h7-8,10-12H,3-6,9H2,1-2H3,(H,19,20)(H,16,17,18). The van der Waals surface area contributed by atoms with Gasteiger partial charge in [0.1, 0.15) is 0 Å². The van der Waals surface area contributed by atoms with E-state index in [1.165, 1.54) is 0 Å². The Morgan fingerprint density at radius 3 is 2.76 bits per heavy atom. The van der Waals surface area contributed by atoms with Crippen LogP contribution in [-0.2, 0) is 4.79 Å². The molecule has 0 atom stereocenters. The summed E-state index contributed by atoms with van der Waals surface area (Å²) in [5.74, 6) is 0.785. The van der Waals surface area contributed by atoms with Crippen LogP contribution in [0.1, 0.15) is 39.5 Å². The second-order valence-corrected chi connectivity index (χ2v) is 5.82. The third-order valence-electron chi connectivity index (χ3n) is 3.73. The minimum atomic E-state index is -0.664. The zero-order valence-electron chi connectivity index (χ0n) is 12.6. The topological polar surface area (TPSA) is 84.3 Å². The van der Waals surface area contributed by atoms with Crippen molar-refractivity contribution in [3.63, 3.8) is 0 Å². The maximum absolute atomic E-state index is 10.9. The van der Waals surface area contributed by atoms with E-state index < -0.39 is 5.97 Å². The Morgan fingerprint density at radius 2 is 2.14 bits per heavy atom. The lowest BCUT2D eigenvalue weighted by atomic mass is 9.82. The summed E-state index contributed by atoms with van der Waals surface area (Å²) in [6.45, 7) is 4.68. The number of carboxylic acids is 1. The summed E-state index contributed by atoms with van der Waals surface area (Å²) in [6, 6.07) is 1.74. The molecule has 1 aromatic rings. The van der Waals surface area contributed by atoms with Crippen molar-refractivity contribution >= 4 is 11.9 Å². The van der Waals surface area contributed by atoms with Crippen molar-refractivity contribution in [3.8, 4) is 5.88 Å². The molecule has 0 saturated heterocycles. The highest BCUT2D eigenvalue weighted by molar-refractivity contribution is 5.69. The number of aliphatic carboxylic acids is 1. The number of nitrogens with zero attached hydrogens (tertiary/aromatic N) is 2. The van der Waals surface area contributed by atoms with E-state index in [0.29, 0.717) is 17.7 Å². The average molecular weight is 293 g/mol. The quantitative estimate of drug-likeness (QED) is 0.838. The summed E-state index contributed by atoms with van der Waals surface area (Å²) in [5, 5.41) is 12.2. The highest BCUT2D eigenvalue weighted by Gasteiger charge is 2.25. The lowest BCUT2D eigenvalue weighted by molar-refractivity contribution is -0.143. The Hall–Kier alpha value is -1.85. The lowest BCUT2D eigenvalue weighted by Gasteiger charge is -2.26. The molecular weight excluding hydrogens is 270 g/mol. The van der Waals surface area contributed by atoms with Gasteiger partial charge in [0.25, 0.3) is 0 Å². The van der Waals surface area contributed by atoms with E-state index in [0.717, 1.165) is 32.2 Å². The molecule has 0 radical (unpaired) electrons. The van der Waals surface area contributed by atoms with Gasteiger partial charge < -0.3 is 15.2 Å². The first-order chi connectivity index (χ1) is 10.0. The summed E-state index contributed by atoms with van der Waals surface area (Å²) < 4.78 is 5.53. The van der Waals surface area contributed by atoms with Gasteiger partial charge in [0.2, 0.25) is 11.8 Å². The Morgan fingerprint density at radius 1 is 1.43 bits per heavy atom. The number of carboxylic acid groups (broad SMARTS) is 1. The molecule has 2 N–H and O–H groups in total. The van der Waals surface area contributed by atoms with Crippen LogP contribution in [0.2, 0.25) is 0 Å². The highest BCUT2D eigenvalue weighted by Crippen LogP contribution is 2.29. The summed E-state index contributed by atoms with van der Waals surface area (Å²) in [4.78, 5) is 19.4. The van der Waals surface area contributed by atoms with E-state index in [2.05, 4.69) is 15.3 Å². The Balaban J connectivity index is 1.80. The molecule has 1 heterocycles. The average Bonchev–Trinajstić information content (AvgIpc) is 2.45. The van der Waals surface area contributed by atoms with Crippen molar-refractivity contribution < 1.29 is 14.6 Å². The van der Waals surface area contributed by atoms with Gasteiger partial charge in [0.15, 0.2) is 0 Å². The molecule has 2 rings (SSSR count). The number of anilines is 1. The largest absolute Gasteiger partial charge is 0.481 e. The molecule has 0 amide bonds. The summed E-state index contributed by atoms with van der Waals surface area (Å²) in [5.41, 5.74) is 0. The van der Waals surface area contributed by atoms with Gasteiger partial charge in [-0.05, 0) is 45.4 Å². The molecule has 6 heteroatoms. The van der Waals surface area contributed by atoms with Gasteiger partial charge in [-0.1, -0.05) is 0 Å². The number of ether oxygens (including phenoxy) is 1. The first kappa shape index (κ1) is 15.5. The summed E-state index contributed by atoms with van der Waals surface area (Å²) >= 11 is 0. The predicted molar refractivity (Wildman–Crippen MR) is 79.4 cm³/mol. The predicted octanol–water partition coefficient (Wildman–Crippen LogP) is 2.57. The van der Waals surface area contributed by atoms with Crippen LogP contribution in [-0.4, -0.2) is 33.7 Å². The third-order valence-corrected chi connectivity index (χ3v) is 3.73. The molecule has 116 valence electrons. The van der Waals surface area contributed by atoms with Crippen LogP contribution in [0.15, 0.2) is 12.3 Å². The fourth-order valence-electron chi connectivity index (χ4n) is 2.58. The van der Waals surface area contributed by atoms with Crippen LogP contribution in [0.5, 0.6) is 5.88 Å². The number of hydrogen-bond acceptors (Lipinski definition) is 5. The summed E-state index contributed by atoms with van der Waals surface area (Å²) in [6.07, 6.45) is 5.16. The van der Waals surface area contributed by atoms with Crippen LogP contribution in [0.25, 0.3) is 0 Å². The van der Waals surface area contributed by atoms with Gasteiger partial charge in [-0.2, -0.15) is 4.98 Å². The number of aromatic nitrogens is 2. The molecule has 1 saturated carbocycles. The minimum absolute atomic E-state index is 0.0825. The number of hydrogen-bond donors (Lipinski definition) is 2. The van der Waals surface area contributed by atoms with Gasteiger partial charge in [0.05, 0.1) is 12.0 Å². The van der Waals surface area contributed by atoms with Crippen LogP contribution in [0.4, 0.5) is 5.95 Å². The number of nitrogens with one attached hydrogen (secondary N) is 1. The maximum Gasteiger partial charge on any atom is 0.306 e. The SMILES string of the molecule is CC(C)Oc1ccnc(NCC2CCC(C(=O)O)CC2)n1. The Kier molecular flexibility index (Phi) is 5.36. The van der Waals surface area contributed by atoms with Crippen LogP contribution >= 0.6 is 0 Å². The second-order valence-electron chi connectivity index (χ2n) is 5.82. The van der Waals surface area contributed by atoms with Crippen molar-refractivity contribution in [3.05, 3.63) is 12.3 Å². The van der Waals surface area contributed by atoms with Crippen molar-refractivity contribution in [2.24, 2.45) is 11.8 Å². The minimum Gasteiger partial charge on any atom is -0.481 e. The Bertz CT molecular complexity index is 471. The molecule has 1 aliphatic rings. The fourth-order valence-corrected chi connectivity index (χ4v) is 2.58. The van der Waals surface area contributed by atoms with Crippen LogP contribution in [0.3, 0.4) is 0 Å². The van der Waals surface area contributed by atoms with Crippen molar-refractivity contribution in [1.29, 1.82) is 0 Å². The molecule has 1 aliphatic carbocycles. The molecule has 6 nitrogen and oxygen atoms in total. The van der Waals surface area contributed by atoms with Crippen molar-refractivity contribution in [2.75, 3.05) is 11.9 Å². The van der Waals surface area contributed by atoms with Gasteiger partial charge in [-0.25, -0.2) is 4.98 Å². The molecule has 1 aromatic heterocycles. The maximum atomic E-state index is 10.9. The fraction of sp³-hybridized carbons (Fsp3) is 0.667. The van der Waals surface area contributed by atoms with Crippen LogP contribution < -0.4 is 10.1 Å². The van der Waals surface area contributed by atoms with Crippen molar-refractivity contribution in [1.82, 2.24) is 9.97 Å². The molecule has 21 heavy (non-hydrogen) atoms. The second kappa shape index (κ2) is 7.24. The van der Waals surface area contributed by atoms with Gasteiger partial charge in [-0.15, -0.1) is 0 Å². The zero-order valence-corrected chi connectivity index (χ0v) is 12.6. The van der Waals surface area contributed by atoms with E-state index in [1.54, 1.807) is 12.3 Å². The monoisotopic (exact) mass is 293 g/mol. The van der Waals surface area contributed by atoms with Crippen molar-refractivity contribution in [2.45, 2.75) is 45.6 Å². The van der Waals surface area contributed by atoms with E-state index in [4.69, 9.17) is 9.84 Å². The normalized spacial score (nSPS) is 22.0. The molecule has 0 spiro atoms. The first-order valence-corrected chi connectivity index (χ1v) is 7.51. The molecular formula is C15H23N3O3.